The van der Waals surface area contributed by atoms with E-state index in [1.54, 1.807) is 0 Å². The van der Waals surface area contributed by atoms with E-state index in [9.17, 15) is 81.7 Å². The van der Waals surface area contributed by atoms with E-state index in [1.807, 2.05) is 0 Å². The standard InChI is InChI=1S/C35H58O29/c36-8-1-53-30(21(45)15(8)39)61-13-6-58-35(26(50)27(13)63-32-22(46)16(40)9(37)2-54-32)60-12-5-56-31(24(48)19(12)43)62-14-7-57-34(59-11-4-52-29(51)20(44)18(11)42)25(49)28(14)64-33-23(47)17(41)10(38)3-55-33/h8-51H,1-7H2/t8-,9+,10+,11-,12-,13-,14-,15+,16+,17+,18+,19+,20-,21-,22-,23-,24-,25-,26-,27+,28+,29-,30+,31+,32+,33+,34+,35+/m1/s1. The third-order valence-corrected chi connectivity index (χ3v) is 11.9. The van der Waals surface area contributed by atoms with Crippen molar-refractivity contribution in [1.82, 2.24) is 0 Å². The number of hydrogen-bond acceptors (Lipinski definition) is 29. The number of rotatable bonds is 12. The van der Waals surface area contributed by atoms with Crippen molar-refractivity contribution in [3.8, 4) is 0 Å². The molecule has 0 aromatic carbocycles. The molecule has 0 saturated carbocycles. The zero-order valence-corrected chi connectivity index (χ0v) is 33.6. The van der Waals surface area contributed by atoms with E-state index in [0.29, 0.717) is 0 Å². The second-order valence-corrected chi connectivity index (χ2v) is 16.4. The van der Waals surface area contributed by atoms with Crippen LogP contribution >= 0.6 is 0 Å². The highest BCUT2D eigenvalue weighted by molar-refractivity contribution is 4.95. The second kappa shape index (κ2) is 21.6. The molecule has 0 radical (unpaired) electrons. The van der Waals surface area contributed by atoms with Gasteiger partial charge in [-0.2, -0.15) is 0 Å². The lowest BCUT2D eigenvalue weighted by Gasteiger charge is -2.47. The minimum Gasteiger partial charge on any atom is -0.388 e. The molecule has 16 N–H and O–H groups in total. The summed E-state index contributed by atoms with van der Waals surface area (Å²) in [6, 6.07) is 0. The van der Waals surface area contributed by atoms with Gasteiger partial charge in [0.1, 0.15) is 128 Å². The summed E-state index contributed by atoms with van der Waals surface area (Å²) in [5, 5.41) is 167. The molecule has 0 aromatic rings. The van der Waals surface area contributed by atoms with Gasteiger partial charge in [0.2, 0.25) is 0 Å². The van der Waals surface area contributed by atoms with Gasteiger partial charge in [0.05, 0.1) is 46.2 Å². The van der Waals surface area contributed by atoms with Gasteiger partial charge in [-0.25, -0.2) is 0 Å². The first-order valence-corrected chi connectivity index (χ1v) is 20.5. The summed E-state index contributed by atoms with van der Waals surface area (Å²) in [5.41, 5.74) is 0. The number of hydrogen-bond donors (Lipinski definition) is 16. The maximum atomic E-state index is 11.5. The summed E-state index contributed by atoms with van der Waals surface area (Å²) in [5.74, 6) is 0. The van der Waals surface area contributed by atoms with Crippen LogP contribution in [0.5, 0.6) is 0 Å². The molecule has 0 bridgehead atoms. The van der Waals surface area contributed by atoms with Crippen molar-refractivity contribution < 1.29 is 143 Å². The van der Waals surface area contributed by atoms with E-state index >= 15 is 0 Å². The summed E-state index contributed by atoms with van der Waals surface area (Å²) in [4.78, 5) is 0. The highest BCUT2D eigenvalue weighted by atomic mass is 16.8. The molecule has 0 unspecified atom stereocenters. The van der Waals surface area contributed by atoms with Gasteiger partial charge in [-0.05, 0) is 0 Å². The van der Waals surface area contributed by atoms with E-state index in [1.165, 1.54) is 0 Å². The van der Waals surface area contributed by atoms with Crippen LogP contribution in [0.4, 0.5) is 0 Å². The Bertz CT molecular complexity index is 1460. The first-order chi connectivity index (χ1) is 30.4. The van der Waals surface area contributed by atoms with Crippen LogP contribution in [0.15, 0.2) is 0 Å². The summed E-state index contributed by atoms with van der Waals surface area (Å²) in [7, 11) is 0. The monoisotopic (exact) mass is 942 g/mol. The average Bonchev–Trinajstić information content (AvgIpc) is 3.27. The van der Waals surface area contributed by atoms with Gasteiger partial charge in [-0.15, -0.1) is 0 Å². The van der Waals surface area contributed by atoms with Gasteiger partial charge in [0.15, 0.2) is 44.0 Å². The molecule has 7 aliphatic rings. The average molecular weight is 943 g/mol. The van der Waals surface area contributed by atoms with Crippen LogP contribution in [0.2, 0.25) is 0 Å². The van der Waals surface area contributed by atoms with Gasteiger partial charge in [0, 0.05) is 0 Å². The molecule has 0 aromatic heterocycles. The number of ether oxygens (including phenoxy) is 13. The van der Waals surface area contributed by atoms with Gasteiger partial charge in [-0.1, -0.05) is 0 Å². The second-order valence-electron chi connectivity index (χ2n) is 16.4. The number of aliphatic hydroxyl groups excluding tert-OH is 16. The zero-order valence-electron chi connectivity index (χ0n) is 33.6. The molecule has 29 heteroatoms. The predicted octanol–water partition coefficient (Wildman–Crippen LogP) is -11.8. The molecule has 28 atom stereocenters. The molecular formula is C35H58O29. The Labute approximate surface area is 361 Å². The Kier molecular flexibility index (Phi) is 17.1. The zero-order chi connectivity index (χ0) is 46.3. The summed E-state index contributed by atoms with van der Waals surface area (Å²) in [6.45, 7) is -3.60. The van der Waals surface area contributed by atoms with Crippen LogP contribution in [0.1, 0.15) is 0 Å². The van der Waals surface area contributed by atoms with Crippen molar-refractivity contribution in [3.05, 3.63) is 0 Å². The van der Waals surface area contributed by atoms with Crippen molar-refractivity contribution in [3.63, 3.8) is 0 Å². The van der Waals surface area contributed by atoms with E-state index in [0.717, 1.165) is 0 Å². The van der Waals surface area contributed by atoms with Crippen LogP contribution < -0.4 is 0 Å². The first-order valence-electron chi connectivity index (χ1n) is 20.5. The third-order valence-electron chi connectivity index (χ3n) is 11.9. The van der Waals surface area contributed by atoms with E-state index in [2.05, 4.69) is 0 Å². The third kappa shape index (κ3) is 10.8. The Morgan fingerprint density at radius 3 is 0.891 bits per heavy atom. The van der Waals surface area contributed by atoms with Crippen LogP contribution in [0.3, 0.4) is 0 Å². The summed E-state index contributed by atoms with van der Waals surface area (Å²) >= 11 is 0. The van der Waals surface area contributed by atoms with E-state index < -0.39 is 218 Å². The predicted molar refractivity (Wildman–Crippen MR) is 190 cm³/mol. The molecule has 7 aliphatic heterocycles. The molecule has 0 amide bonds. The molecule has 29 nitrogen and oxygen atoms in total. The largest absolute Gasteiger partial charge is 0.388 e. The summed E-state index contributed by atoms with van der Waals surface area (Å²) < 4.78 is 72.6. The number of aliphatic hydroxyl groups is 16. The lowest BCUT2D eigenvalue weighted by Crippen LogP contribution is -2.65. The topological polar surface area (TPSA) is 444 Å². The van der Waals surface area contributed by atoms with Gasteiger partial charge >= 0.3 is 0 Å². The van der Waals surface area contributed by atoms with Crippen LogP contribution in [0.25, 0.3) is 0 Å². The van der Waals surface area contributed by atoms with Crippen molar-refractivity contribution >= 4 is 0 Å². The SMILES string of the molecule is O[C@@H]1[C@@H](O)[C@H](O[C@@H]2CO[C@@H](O[C@@H]3CO[C@@H](O[C@@H]4CO[C@@H](O[C@@H]5CO[C@@H](O)[C@H](O)[C@H]5O)[C@H](O)[C@H]4O[C@@H]4OC[C@H](O)[C@H](O)[C@H]4O)[C@H](O)[C@H]3O)[C@H](O)[C@H]2O[C@@H]2OC[C@H](O)[C@H](O)[C@H]2O)OC[C@H]1O. The molecule has 0 aliphatic carbocycles. The normalized spacial score (nSPS) is 54.4. The highest BCUT2D eigenvalue weighted by Gasteiger charge is 2.54. The quantitative estimate of drug-likeness (QED) is 0.0864. The van der Waals surface area contributed by atoms with Crippen molar-refractivity contribution in [2.24, 2.45) is 0 Å². The minimum absolute atomic E-state index is 0.455. The fourth-order valence-corrected chi connectivity index (χ4v) is 7.93. The Morgan fingerprint density at radius 1 is 0.234 bits per heavy atom. The first kappa shape index (κ1) is 50.7. The van der Waals surface area contributed by atoms with Gasteiger partial charge in [0.25, 0.3) is 0 Å². The summed E-state index contributed by atoms with van der Waals surface area (Å²) in [6.07, 6.45) is -47.2. The van der Waals surface area contributed by atoms with Crippen LogP contribution in [0, 0.1) is 0 Å². The van der Waals surface area contributed by atoms with Crippen LogP contribution in [-0.2, 0) is 61.6 Å². The molecular weight excluding hydrogens is 884 g/mol. The highest BCUT2D eigenvalue weighted by Crippen LogP contribution is 2.34. The van der Waals surface area contributed by atoms with Crippen LogP contribution in [-0.4, -0.2) is 300 Å². The lowest BCUT2D eigenvalue weighted by atomic mass is 10.0. The molecule has 372 valence electrons. The smallest absolute Gasteiger partial charge is 0.186 e. The maximum absolute atomic E-state index is 11.5. The fraction of sp³-hybridized carbons (Fsp3) is 1.00. The van der Waals surface area contributed by atoms with Crippen molar-refractivity contribution in [2.45, 2.75) is 172 Å². The van der Waals surface area contributed by atoms with Gasteiger partial charge in [-0.3, -0.25) is 0 Å². The Hall–Kier alpha value is -1.16. The molecule has 7 heterocycles. The Morgan fingerprint density at radius 2 is 0.500 bits per heavy atom. The molecule has 64 heavy (non-hydrogen) atoms. The van der Waals surface area contributed by atoms with E-state index in [-0.39, 0.29) is 0 Å². The molecule has 7 saturated heterocycles. The van der Waals surface area contributed by atoms with Crippen molar-refractivity contribution in [2.75, 3.05) is 46.2 Å². The molecule has 7 fully saturated rings. The van der Waals surface area contributed by atoms with Crippen molar-refractivity contribution in [1.29, 1.82) is 0 Å². The fourth-order valence-electron chi connectivity index (χ4n) is 7.93. The van der Waals surface area contributed by atoms with Gasteiger partial charge < -0.3 is 143 Å². The minimum atomic E-state index is -1.98. The van der Waals surface area contributed by atoms with E-state index in [4.69, 9.17) is 61.6 Å². The molecule has 0 spiro atoms. The lowest BCUT2D eigenvalue weighted by molar-refractivity contribution is -0.382. The Balaban J connectivity index is 1.01. The maximum Gasteiger partial charge on any atom is 0.186 e. The molecule has 7 rings (SSSR count).